The van der Waals surface area contributed by atoms with Crippen molar-refractivity contribution in [3.63, 3.8) is 0 Å². The van der Waals surface area contributed by atoms with Gasteiger partial charge in [0.1, 0.15) is 18.4 Å². The van der Waals surface area contributed by atoms with Crippen LogP contribution in [0.15, 0.2) is 18.2 Å². The molecular formula is C13H18N2O3. The van der Waals surface area contributed by atoms with E-state index in [9.17, 15) is 4.79 Å². The Bertz CT molecular complexity index is 434. The van der Waals surface area contributed by atoms with Gasteiger partial charge in [0.15, 0.2) is 0 Å². The second kappa shape index (κ2) is 5.84. The molecule has 1 heterocycles. The minimum absolute atomic E-state index is 0.0237. The van der Waals surface area contributed by atoms with E-state index >= 15 is 0 Å². The number of nitrogens with one attached hydrogen (secondary N) is 2. The fourth-order valence-electron chi connectivity index (χ4n) is 1.99. The summed E-state index contributed by atoms with van der Waals surface area (Å²) in [5, 5.41) is 14.7. The highest BCUT2D eigenvalue weighted by molar-refractivity contribution is 6.02. The second-order valence-electron chi connectivity index (χ2n) is 4.20. The van der Waals surface area contributed by atoms with Crippen LogP contribution in [0.2, 0.25) is 0 Å². The molecule has 5 heteroatoms. The maximum absolute atomic E-state index is 11.8. The van der Waals surface area contributed by atoms with Crippen LogP contribution in [0.1, 0.15) is 24.9 Å². The number of benzene rings is 1. The predicted octanol–water partition coefficient (Wildman–Crippen LogP) is 1.05. The Morgan fingerprint density at radius 1 is 1.50 bits per heavy atom. The Morgan fingerprint density at radius 3 is 3.06 bits per heavy atom. The van der Waals surface area contributed by atoms with Crippen LogP contribution in [-0.2, 0) is 4.79 Å². The molecule has 1 aromatic carbocycles. The van der Waals surface area contributed by atoms with E-state index in [0.29, 0.717) is 5.75 Å². The maximum Gasteiger partial charge on any atom is 0.246 e. The summed E-state index contributed by atoms with van der Waals surface area (Å²) in [6.45, 7) is 3.10. The summed E-state index contributed by atoms with van der Waals surface area (Å²) in [7, 11) is 0. The second-order valence-corrected chi connectivity index (χ2v) is 4.20. The highest BCUT2D eigenvalue weighted by atomic mass is 16.5. The zero-order valence-corrected chi connectivity index (χ0v) is 10.4. The first-order chi connectivity index (χ1) is 8.76. The summed E-state index contributed by atoms with van der Waals surface area (Å²) >= 11 is 0. The number of rotatable bonds is 6. The van der Waals surface area contributed by atoms with Crippen LogP contribution in [0.3, 0.4) is 0 Å². The molecule has 0 aromatic heterocycles. The molecule has 1 amide bonds. The van der Waals surface area contributed by atoms with E-state index in [1.165, 1.54) is 0 Å². The number of anilines is 1. The molecule has 0 aliphatic carbocycles. The number of hydrogen-bond acceptors (Lipinski definition) is 4. The van der Waals surface area contributed by atoms with E-state index in [1.54, 1.807) is 6.07 Å². The van der Waals surface area contributed by atoms with E-state index in [4.69, 9.17) is 9.84 Å². The van der Waals surface area contributed by atoms with Gasteiger partial charge in [-0.3, -0.25) is 4.79 Å². The van der Waals surface area contributed by atoms with Crippen molar-refractivity contribution in [2.45, 2.75) is 19.4 Å². The maximum atomic E-state index is 11.8. The number of aliphatic hydroxyl groups excluding tert-OH is 1. The summed E-state index contributed by atoms with van der Waals surface area (Å²) < 4.78 is 5.31. The molecule has 0 saturated carbocycles. The number of carbonyl (C=O) groups excluding carboxylic acids is 1. The van der Waals surface area contributed by atoms with Gasteiger partial charge in [-0.25, -0.2) is 0 Å². The topological polar surface area (TPSA) is 70.6 Å². The highest BCUT2D eigenvalue weighted by Crippen LogP contribution is 2.33. The van der Waals surface area contributed by atoms with Gasteiger partial charge in [-0.05, 0) is 19.0 Å². The Labute approximate surface area is 106 Å². The van der Waals surface area contributed by atoms with Gasteiger partial charge in [-0.2, -0.15) is 0 Å². The van der Waals surface area contributed by atoms with Crippen molar-refractivity contribution in [1.82, 2.24) is 5.32 Å². The Morgan fingerprint density at radius 2 is 2.33 bits per heavy atom. The lowest BCUT2D eigenvalue weighted by molar-refractivity contribution is -0.117. The SMILES string of the molecule is CCCNC1C(=O)Nc2cc(OCCO)ccc21. The third kappa shape index (κ3) is 2.63. The summed E-state index contributed by atoms with van der Waals surface area (Å²) in [6.07, 6.45) is 0.983. The van der Waals surface area contributed by atoms with Gasteiger partial charge in [-0.15, -0.1) is 0 Å². The van der Waals surface area contributed by atoms with Crippen molar-refractivity contribution < 1.29 is 14.6 Å². The molecule has 0 bridgehead atoms. The third-order valence-electron chi connectivity index (χ3n) is 2.81. The van der Waals surface area contributed by atoms with E-state index in [1.807, 2.05) is 12.1 Å². The molecule has 1 aromatic rings. The molecule has 0 spiro atoms. The molecule has 18 heavy (non-hydrogen) atoms. The van der Waals surface area contributed by atoms with Crippen LogP contribution < -0.4 is 15.4 Å². The number of aliphatic hydroxyl groups is 1. The molecule has 0 fully saturated rings. The van der Waals surface area contributed by atoms with Crippen LogP contribution in [0.4, 0.5) is 5.69 Å². The van der Waals surface area contributed by atoms with Gasteiger partial charge < -0.3 is 20.5 Å². The standard InChI is InChI=1S/C13H18N2O3/c1-2-5-14-12-10-4-3-9(18-7-6-16)8-11(10)15-13(12)17/h3-4,8,12,14,16H,2,5-7H2,1H3,(H,15,17). The molecule has 1 aliphatic rings. The van der Waals surface area contributed by atoms with Crippen LogP contribution in [0, 0.1) is 0 Å². The average Bonchev–Trinajstić information content (AvgIpc) is 2.68. The number of hydrogen-bond donors (Lipinski definition) is 3. The van der Waals surface area contributed by atoms with E-state index < -0.39 is 0 Å². The number of ether oxygens (including phenoxy) is 1. The predicted molar refractivity (Wildman–Crippen MR) is 68.7 cm³/mol. The monoisotopic (exact) mass is 250 g/mol. The average molecular weight is 250 g/mol. The summed E-state index contributed by atoms with van der Waals surface area (Å²) in [4.78, 5) is 11.8. The number of fused-ring (bicyclic) bond motifs is 1. The highest BCUT2D eigenvalue weighted by Gasteiger charge is 2.29. The molecule has 5 nitrogen and oxygen atoms in total. The number of amides is 1. The van der Waals surface area contributed by atoms with Gasteiger partial charge in [0, 0.05) is 17.3 Å². The summed E-state index contributed by atoms with van der Waals surface area (Å²) in [5.74, 6) is 0.622. The lowest BCUT2D eigenvalue weighted by Gasteiger charge is -2.10. The molecule has 1 aliphatic heterocycles. The molecule has 0 radical (unpaired) electrons. The van der Waals surface area contributed by atoms with Crippen molar-refractivity contribution in [3.05, 3.63) is 23.8 Å². The van der Waals surface area contributed by atoms with Gasteiger partial charge >= 0.3 is 0 Å². The Balaban J connectivity index is 2.13. The Kier molecular flexibility index (Phi) is 4.17. The molecule has 1 atom stereocenters. The first-order valence-corrected chi connectivity index (χ1v) is 6.18. The van der Waals surface area contributed by atoms with Crippen LogP contribution in [0.5, 0.6) is 5.75 Å². The van der Waals surface area contributed by atoms with Gasteiger partial charge in [0.05, 0.1) is 6.61 Å². The number of carbonyl (C=O) groups is 1. The van der Waals surface area contributed by atoms with Crippen LogP contribution >= 0.6 is 0 Å². The van der Waals surface area contributed by atoms with Crippen LogP contribution in [-0.4, -0.2) is 30.8 Å². The molecule has 1 unspecified atom stereocenters. The fourth-order valence-corrected chi connectivity index (χ4v) is 1.99. The smallest absolute Gasteiger partial charge is 0.246 e. The largest absolute Gasteiger partial charge is 0.491 e. The van der Waals surface area contributed by atoms with Gasteiger partial charge in [-0.1, -0.05) is 13.0 Å². The first-order valence-electron chi connectivity index (χ1n) is 6.18. The van der Waals surface area contributed by atoms with Crippen molar-refractivity contribution in [2.75, 3.05) is 25.1 Å². The molecular weight excluding hydrogens is 232 g/mol. The fraction of sp³-hybridized carbons (Fsp3) is 0.462. The minimum Gasteiger partial charge on any atom is -0.491 e. The Hall–Kier alpha value is -1.59. The molecule has 2 rings (SSSR count). The third-order valence-corrected chi connectivity index (χ3v) is 2.81. The quantitative estimate of drug-likeness (QED) is 0.706. The van der Waals surface area contributed by atoms with Crippen molar-refractivity contribution in [1.29, 1.82) is 0 Å². The van der Waals surface area contributed by atoms with Crippen molar-refractivity contribution in [2.24, 2.45) is 0 Å². The summed E-state index contributed by atoms with van der Waals surface area (Å²) in [5.41, 5.74) is 1.73. The van der Waals surface area contributed by atoms with Gasteiger partial charge in [0.25, 0.3) is 0 Å². The van der Waals surface area contributed by atoms with Crippen molar-refractivity contribution >= 4 is 11.6 Å². The zero-order chi connectivity index (χ0) is 13.0. The summed E-state index contributed by atoms with van der Waals surface area (Å²) in [6, 6.07) is 5.21. The molecule has 3 N–H and O–H groups in total. The van der Waals surface area contributed by atoms with E-state index in [-0.39, 0.29) is 25.2 Å². The zero-order valence-electron chi connectivity index (χ0n) is 10.4. The van der Waals surface area contributed by atoms with Gasteiger partial charge in [0.2, 0.25) is 5.91 Å². The minimum atomic E-state index is -0.271. The van der Waals surface area contributed by atoms with Crippen molar-refractivity contribution in [3.8, 4) is 5.75 Å². The van der Waals surface area contributed by atoms with E-state index in [0.717, 1.165) is 24.2 Å². The first kappa shape index (κ1) is 12.9. The molecule has 98 valence electrons. The van der Waals surface area contributed by atoms with Crippen LogP contribution in [0.25, 0.3) is 0 Å². The normalized spacial score (nSPS) is 17.4. The lowest BCUT2D eigenvalue weighted by Crippen LogP contribution is -2.27. The van der Waals surface area contributed by atoms with E-state index in [2.05, 4.69) is 17.6 Å². The lowest BCUT2D eigenvalue weighted by atomic mass is 10.1. The molecule has 0 saturated heterocycles.